The van der Waals surface area contributed by atoms with Gasteiger partial charge in [0.15, 0.2) is 0 Å². The molecule has 0 atom stereocenters. The molecular weight excluding hydrogens is 243 g/mol. The minimum Gasteiger partial charge on any atom is -0.298 e. The number of hydrogen-bond donors (Lipinski definition) is 0. The second kappa shape index (κ2) is 4.44. The Hall–Kier alpha value is -1.71. The molecule has 1 aliphatic rings. The molecule has 0 spiro atoms. The van der Waals surface area contributed by atoms with Crippen molar-refractivity contribution in [3.05, 3.63) is 40.7 Å². The lowest BCUT2D eigenvalue weighted by Crippen LogP contribution is -2.37. The summed E-state index contributed by atoms with van der Waals surface area (Å²) >= 11 is 0. The van der Waals surface area contributed by atoms with Crippen molar-refractivity contribution in [1.29, 1.82) is 0 Å². The van der Waals surface area contributed by atoms with Gasteiger partial charge in [0, 0.05) is 6.54 Å². The first-order chi connectivity index (χ1) is 9.15. The summed E-state index contributed by atoms with van der Waals surface area (Å²) in [5, 5.41) is 0.107. The van der Waals surface area contributed by atoms with Crippen LogP contribution in [0.15, 0.2) is 29.3 Å². The smallest absolute Gasteiger partial charge is 0.264 e. The van der Waals surface area contributed by atoms with Gasteiger partial charge >= 0.3 is 0 Å². The van der Waals surface area contributed by atoms with Crippen LogP contribution < -0.4 is 5.56 Å². The summed E-state index contributed by atoms with van der Waals surface area (Å²) in [5.74, 6) is -0.483. The number of rotatable bonds is 3. The zero-order valence-corrected chi connectivity index (χ0v) is 11.0. The molecule has 1 saturated carbocycles. The Morgan fingerprint density at radius 1 is 1.42 bits per heavy atom. The quantitative estimate of drug-likeness (QED) is 0.850. The third kappa shape index (κ3) is 1.95. The van der Waals surface area contributed by atoms with E-state index >= 15 is 0 Å². The number of halogens is 1. The van der Waals surface area contributed by atoms with E-state index in [2.05, 4.69) is 11.9 Å². The maximum Gasteiger partial charge on any atom is 0.264 e. The first-order valence-electron chi connectivity index (χ1n) is 6.79. The summed E-state index contributed by atoms with van der Waals surface area (Å²) in [7, 11) is 0. The van der Waals surface area contributed by atoms with E-state index in [1.54, 1.807) is 23.0 Å². The minimum atomic E-state index is -0.483. The summed E-state index contributed by atoms with van der Waals surface area (Å²) in [4.78, 5) is 16.6. The fourth-order valence-corrected chi connectivity index (χ4v) is 2.93. The van der Waals surface area contributed by atoms with Crippen molar-refractivity contribution in [2.75, 3.05) is 0 Å². The third-order valence-electron chi connectivity index (χ3n) is 4.47. The molecule has 2 aromatic rings. The topological polar surface area (TPSA) is 34.9 Å². The molecule has 0 amide bonds. The van der Waals surface area contributed by atoms with E-state index in [1.165, 1.54) is 12.5 Å². The Kier molecular flexibility index (Phi) is 2.88. The van der Waals surface area contributed by atoms with Crippen LogP contribution in [0.3, 0.4) is 0 Å². The van der Waals surface area contributed by atoms with Crippen LogP contribution in [0, 0.1) is 11.2 Å². The predicted octanol–water partition coefficient (Wildman–Crippen LogP) is 3.12. The highest BCUT2D eigenvalue weighted by Gasteiger charge is 2.35. The van der Waals surface area contributed by atoms with Crippen molar-refractivity contribution >= 4 is 10.9 Å². The van der Waals surface area contributed by atoms with Crippen molar-refractivity contribution < 1.29 is 4.39 Å². The van der Waals surface area contributed by atoms with E-state index in [1.807, 2.05) is 0 Å². The molecule has 1 heterocycles. The lowest BCUT2D eigenvalue weighted by molar-refractivity contribution is 0.0986. The van der Waals surface area contributed by atoms with Gasteiger partial charge in [-0.1, -0.05) is 19.4 Å². The molecule has 4 heteroatoms. The van der Waals surface area contributed by atoms with Gasteiger partial charge in [0.2, 0.25) is 0 Å². The molecule has 3 nitrogen and oxygen atoms in total. The highest BCUT2D eigenvalue weighted by Crippen LogP contribution is 2.44. The van der Waals surface area contributed by atoms with Gasteiger partial charge in [-0.15, -0.1) is 0 Å². The lowest BCUT2D eigenvalue weighted by Gasteiger charge is -2.41. The molecule has 1 aromatic carbocycles. The Bertz CT molecular complexity index is 668. The van der Waals surface area contributed by atoms with Gasteiger partial charge in [0.05, 0.1) is 11.8 Å². The summed E-state index contributed by atoms with van der Waals surface area (Å²) in [6.07, 6.45) is 6.11. The molecule has 0 bridgehead atoms. The fraction of sp³-hybridized carbons (Fsp3) is 0.467. The van der Waals surface area contributed by atoms with Gasteiger partial charge in [-0.05, 0) is 36.8 Å². The summed E-state index contributed by atoms with van der Waals surface area (Å²) in [6.45, 7) is 2.80. The number of nitrogens with zero attached hydrogens (tertiary/aromatic N) is 2. The minimum absolute atomic E-state index is 0.107. The van der Waals surface area contributed by atoms with E-state index in [9.17, 15) is 9.18 Å². The van der Waals surface area contributed by atoms with Crippen molar-refractivity contribution in [3.8, 4) is 0 Å². The zero-order valence-electron chi connectivity index (χ0n) is 11.0. The molecular formula is C15H17FN2O. The maximum absolute atomic E-state index is 13.8. The first kappa shape index (κ1) is 12.3. The van der Waals surface area contributed by atoms with E-state index in [-0.39, 0.29) is 16.4 Å². The van der Waals surface area contributed by atoms with E-state index in [0.717, 1.165) is 19.3 Å². The van der Waals surface area contributed by atoms with Crippen molar-refractivity contribution in [1.82, 2.24) is 9.55 Å². The molecule has 3 rings (SSSR count). The Balaban J connectivity index is 2.08. The lowest BCUT2D eigenvalue weighted by atomic mass is 9.67. The molecule has 0 saturated heterocycles. The molecule has 0 radical (unpaired) electrons. The Labute approximate surface area is 111 Å². The number of aromatic nitrogens is 2. The van der Waals surface area contributed by atoms with Crippen LogP contribution in [0.4, 0.5) is 4.39 Å². The highest BCUT2D eigenvalue weighted by atomic mass is 19.1. The third-order valence-corrected chi connectivity index (χ3v) is 4.47. The van der Waals surface area contributed by atoms with Crippen LogP contribution in [0.1, 0.15) is 32.6 Å². The van der Waals surface area contributed by atoms with Gasteiger partial charge in [-0.3, -0.25) is 9.36 Å². The van der Waals surface area contributed by atoms with Crippen LogP contribution in [-0.4, -0.2) is 9.55 Å². The van der Waals surface area contributed by atoms with Crippen molar-refractivity contribution in [3.63, 3.8) is 0 Å². The molecule has 19 heavy (non-hydrogen) atoms. The molecule has 100 valence electrons. The van der Waals surface area contributed by atoms with E-state index in [4.69, 9.17) is 0 Å². The van der Waals surface area contributed by atoms with Crippen LogP contribution in [-0.2, 0) is 6.54 Å². The number of hydrogen-bond acceptors (Lipinski definition) is 2. The first-order valence-corrected chi connectivity index (χ1v) is 6.79. The Morgan fingerprint density at radius 3 is 2.84 bits per heavy atom. The van der Waals surface area contributed by atoms with Crippen molar-refractivity contribution in [2.24, 2.45) is 5.41 Å². The van der Waals surface area contributed by atoms with Gasteiger partial charge in [0.25, 0.3) is 5.56 Å². The largest absolute Gasteiger partial charge is 0.298 e. The number of benzene rings is 1. The second-order valence-electron chi connectivity index (χ2n) is 5.52. The number of fused-ring (bicyclic) bond motifs is 1. The monoisotopic (exact) mass is 260 g/mol. The van der Waals surface area contributed by atoms with Gasteiger partial charge in [-0.2, -0.15) is 0 Å². The molecule has 1 aliphatic carbocycles. The van der Waals surface area contributed by atoms with Gasteiger partial charge in [-0.25, -0.2) is 9.37 Å². The maximum atomic E-state index is 13.8. The SMILES string of the molecule is CCC1(Cn2cnc3cccc(F)c3c2=O)CCC1. The summed E-state index contributed by atoms with van der Waals surface area (Å²) < 4.78 is 15.4. The molecule has 0 aliphatic heterocycles. The molecule has 1 fully saturated rings. The Morgan fingerprint density at radius 2 is 2.21 bits per heavy atom. The standard InChI is InChI=1S/C15H17FN2O/c1-2-15(7-4-8-15)9-18-10-17-12-6-3-5-11(16)13(12)14(18)19/h3,5-6,10H,2,4,7-9H2,1H3. The normalized spacial score (nSPS) is 17.4. The van der Waals surface area contributed by atoms with E-state index < -0.39 is 5.82 Å². The predicted molar refractivity (Wildman–Crippen MR) is 72.5 cm³/mol. The highest BCUT2D eigenvalue weighted by molar-refractivity contribution is 5.77. The zero-order chi connectivity index (χ0) is 13.5. The molecule has 0 unspecified atom stereocenters. The average molecular weight is 260 g/mol. The molecule has 1 aromatic heterocycles. The van der Waals surface area contributed by atoms with E-state index in [0.29, 0.717) is 12.1 Å². The molecule has 0 N–H and O–H groups in total. The van der Waals surface area contributed by atoms with Gasteiger partial charge in [0.1, 0.15) is 11.2 Å². The second-order valence-corrected chi connectivity index (χ2v) is 5.52. The van der Waals surface area contributed by atoms with Crippen LogP contribution in [0.25, 0.3) is 10.9 Å². The summed E-state index contributed by atoms with van der Waals surface area (Å²) in [5.41, 5.74) is 0.382. The van der Waals surface area contributed by atoms with Crippen molar-refractivity contribution in [2.45, 2.75) is 39.2 Å². The van der Waals surface area contributed by atoms with Crippen LogP contribution in [0.2, 0.25) is 0 Å². The summed E-state index contributed by atoms with van der Waals surface area (Å²) in [6, 6.07) is 4.56. The average Bonchev–Trinajstić information content (AvgIpc) is 2.36. The van der Waals surface area contributed by atoms with Gasteiger partial charge < -0.3 is 0 Å². The fourth-order valence-electron chi connectivity index (χ4n) is 2.93. The van der Waals surface area contributed by atoms with Crippen LogP contribution >= 0.6 is 0 Å². The van der Waals surface area contributed by atoms with Crippen LogP contribution in [0.5, 0.6) is 0 Å².